The van der Waals surface area contributed by atoms with Crippen LogP contribution in [0.4, 0.5) is 18.9 Å². The molecule has 0 saturated heterocycles. The largest absolute Gasteiger partial charge is 0.416 e. The Bertz CT molecular complexity index is 600. The number of nitrogens with zero attached hydrogens (tertiary/aromatic N) is 2. The minimum atomic E-state index is -4.35. The first-order valence-corrected chi connectivity index (χ1v) is 7.40. The molecule has 0 aliphatic heterocycles. The van der Waals surface area contributed by atoms with E-state index in [1.807, 2.05) is 12.1 Å². The monoisotopic (exact) mass is 358 g/mol. The van der Waals surface area contributed by atoms with Gasteiger partial charge in [0, 0.05) is 37.0 Å². The second-order valence-corrected chi connectivity index (χ2v) is 5.25. The van der Waals surface area contributed by atoms with Crippen molar-refractivity contribution < 1.29 is 13.2 Å². The molecule has 0 fully saturated rings. The maximum absolute atomic E-state index is 13.1. The summed E-state index contributed by atoms with van der Waals surface area (Å²) in [5.74, 6) is 0. The third-order valence-electron chi connectivity index (χ3n) is 3.15. The van der Waals surface area contributed by atoms with Crippen molar-refractivity contribution in [1.29, 1.82) is 0 Å². The van der Waals surface area contributed by atoms with E-state index in [0.29, 0.717) is 12.2 Å². The van der Waals surface area contributed by atoms with Gasteiger partial charge >= 0.3 is 6.18 Å². The van der Waals surface area contributed by atoms with Crippen LogP contribution in [0.1, 0.15) is 16.7 Å². The Morgan fingerprint density at radius 2 is 1.81 bits per heavy atom. The molecule has 0 N–H and O–H groups in total. The summed E-state index contributed by atoms with van der Waals surface area (Å²) >= 11 is 3.10. The number of benzene rings is 1. The van der Waals surface area contributed by atoms with Crippen LogP contribution in [-0.2, 0) is 18.1 Å². The molecule has 2 nitrogen and oxygen atoms in total. The Morgan fingerprint density at radius 1 is 1.14 bits per heavy atom. The van der Waals surface area contributed by atoms with Gasteiger partial charge in [-0.15, -0.1) is 0 Å². The fourth-order valence-electron chi connectivity index (χ4n) is 2.04. The van der Waals surface area contributed by atoms with Gasteiger partial charge in [0.15, 0.2) is 0 Å². The van der Waals surface area contributed by atoms with Gasteiger partial charge in [0.05, 0.1) is 5.56 Å². The number of hydrogen-bond acceptors (Lipinski definition) is 2. The van der Waals surface area contributed by atoms with Gasteiger partial charge < -0.3 is 4.90 Å². The third kappa shape index (κ3) is 3.97. The van der Waals surface area contributed by atoms with E-state index in [0.717, 1.165) is 5.56 Å². The molecule has 112 valence electrons. The smallest absolute Gasteiger partial charge is 0.370 e. The maximum Gasteiger partial charge on any atom is 0.416 e. The molecule has 0 aliphatic rings. The highest BCUT2D eigenvalue weighted by molar-refractivity contribution is 9.08. The third-order valence-corrected chi connectivity index (χ3v) is 3.76. The van der Waals surface area contributed by atoms with Gasteiger partial charge in [-0.1, -0.05) is 22.0 Å². The standard InChI is InChI=1S/C15H14BrF3N2/c1-21(10-11-4-6-20-7-5-11)13-3-2-12(9-16)14(8-13)15(17,18)19/h2-8H,9-10H2,1H3. The lowest BCUT2D eigenvalue weighted by atomic mass is 10.1. The van der Waals surface area contributed by atoms with Crippen LogP contribution in [0.3, 0.4) is 0 Å². The Kier molecular flexibility index (Phi) is 4.88. The summed E-state index contributed by atoms with van der Waals surface area (Å²) in [6.45, 7) is 0.521. The molecule has 0 atom stereocenters. The summed E-state index contributed by atoms with van der Waals surface area (Å²) in [5, 5.41) is 0.177. The molecule has 21 heavy (non-hydrogen) atoms. The zero-order valence-corrected chi connectivity index (χ0v) is 12.9. The number of rotatable bonds is 4. The van der Waals surface area contributed by atoms with Gasteiger partial charge in [-0.25, -0.2) is 0 Å². The van der Waals surface area contributed by atoms with Crippen molar-refractivity contribution >= 4 is 21.6 Å². The Labute approximate surface area is 129 Å². The van der Waals surface area contributed by atoms with Gasteiger partial charge in [0.1, 0.15) is 0 Å². The Balaban J connectivity index is 2.28. The number of anilines is 1. The molecule has 0 bridgehead atoms. The summed E-state index contributed by atoms with van der Waals surface area (Å²) in [6, 6.07) is 8.09. The second-order valence-electron chi connectivity index (χ2n) is 4.68. The zero-order valence-electron chi connectivity index (χ0n) is 11.4. The molecule has 0 amide bonds. The highest BCUT2D eigenvalue weighted by Crippen LogP contribution is 2.35. The van der Waals surface area contributed by atoms with Gasteiger partial charge in [0.2, 0.25) is 0 Å². The Hall–Kier alpha value is -1.56. The molecule has 1 aromatic heterocycles. The molecule has 0 radical (unpaired) electrons. The highest BCUT2D eigenvalue weighted by Gasteiger charge is 2.33. The van der Waals surface area contributed by atoms with E-state index in [-0.39, 0.29) is 10.9 Å². The van der Waals surface area contributed by atoms with Crippen LogP contribution in [-0.4, -0.2) is 12.0 Å². The van der Waals surface area contributed by atoms with Crippen LogP contribution >= 0.6 is 15.9 Å². The van der Waals surface area contributed by atoms with E-state index in [4.69, 9.17) is 0 Å². The fraction of sp³-hybridized carbons (Fsp3) is 0.267. The normalized spacial score (nSPS) is 11.5. The van der Waals surface area contributed by atoms with Crippen molar-refractivity contribution in [2.45, 2.75) is 18.1 Å². The molecule has 0 spiro atoms. The first kappa shape index (κ1) is 15.8. The number of hydrogen-bond donors (Lipinski definition) is 0. The molecule has 1 heterocycles. The lowest BCUT2D eigenvalue weighted by Crippen LogP contribution is -2.18. The maximum atomic E-state index is 13.1. The van der Waals surface area contributed by atoms with Crippen molar-refractivity contribution in [1.82, 2.24) is 4.98 Å². The number of alkyl halides is 4. The van der Waals surface area contributed by atoms with E-state index < -0.39 is 11.7 Å². The van der Waals surface area contributed by atoms with E-state index in [9.17, 15) is 13.2 Å². The molecule has 1 aromatic carbocycles. The van der Waals surface area contributed by atoms with Crippen molar-refractivity contribution in [3.8, 4) is 0 Å². The lowest BCUT2D eigenvalue weighted by molar-refractivity contribution is -0.138. The van der Waals surface area contributed by atoms with Crippen LogP contribution in [0.5, 0.6) is 0 Å². The summed E-state index contributed by atoms with van der Waals surface area (Å²) < 4.78 is 39.2. The topological polar surface area (TPSA) is 16.1 Å². The highest BCUT2D eigenvalue weighted by atomic mass is 79.9. The van der Waals surface area contributed by atoms with Crippen molar-refractivity contribution in [3.63, 3.8) is 0 Å². The predicted molar refractivity (Wildman–Crippen MR) is 80.4 cm³/mol. The summed E-state index contributed by atoms with van der Waals surface area (Å²) in [7, 11) is 1.77. The number of halogens is 4. The average Bonchev–Trinajstić information content (AvgIpc) is 2.46. The van der Waals surface area contributed by atoms with Crippen molar-refractivity contribution in [2.24, 2.45) is 0 Å². The molecule has 2 aromatic rings. The summed E-state index contributed by atoms with van der Waals surface area (Å²) in [4.78, 5) is 5.70. The molecule has 2 rings (SSSR count). The quantitative estimate of drug-likeness (QED) is 0.740. The average molecular weight is 359 g/mol. The predicted octanol–water partition coefficient (Wildman–Crippen LogP) is 4.63. The minimum absolute atomic E-state index is 0.177. The van der Waals surface area contributed by atoms with E-state index in [1.54, 1.807) is 30.4 Å². The van der Waals surface area contributed by atoms with Crippen LogP contribution in [0.25, 0.3) is 0 Å². The first-order valence-electron chi connectivity index (χ1n) is 6.28. The molecular formula is C15H14BrF3N2. The molecule has 0 unspecified atom stereocenters. The van der Waals surface area contributed by atoms with Crippen LogP contribution in [0.2, 0.25) is 0 Å². The SMILES string of the molecule is CN(Cc1ccncc1)c1ccc(CBr)c(C(F)(F)F)c1. The molecule has 6 heteroatoms. The number of pyridine rings is 1. The summed E-state index contributed by atoms with van der Waals surface area (Å²) in [5.41, 5.74) is 1.16. The molecular weight excluding hydrogens is 345 g/mol. The molecule has 0 aliphatic carbocycles. The lowest BCUT2D eigenvalue weighted by Gasteiger charge is -2.22. The van der Waals surface area contributed by atoms with Gasteiger partial charge in [-0.3, -0.25) is 4.98 Å². The Morgan fingerprint density at radius 3 is 2.38 bits per heavy atom. The van der Waals surface area contributed by atoms with Crippen molar-refractivity contribution in [3.05, 3.63) is 59.4 Å². The van der Waals surface area contributed by atoms with E-state index >= 15 is 0 Å². The fourth-order valence-corrected chi connectivity index (χ4v) is 2.52. The van der Waals surface area contributed by atoms with Gasteiger partial charge in [-0.2, -0.15) is 13.2 Å². The van der Waals surface area contributed by atoms with E-state index in [1.165, 1.54) is 12.1 Å². The second kappa shape index (κ2) is 6.47. The van der Waals surface area contributed by atoms with Crippen LogP contribution < -0.4 is 4.90 Å². The first-order chi connectivity index (χ1) is 9.91. The van der Waals surface area contributed by atoms with Crippen molar-refractivity contribution in [2.75, 3.05) is 11.9 Å². The van der Waals surface area contributed by atoms with Crippen LogP contribution in [0, 0.1) is 0 Å². The zero-order chi connectivity index (χ0) is 15.5. The van der Waals surface area contributed by atoms with Gasteiger partial charge in [-0.05, 0) is 35.4 Å². The molecule has 0 saturated carbocycles. The summed E-state index contributed by atoms with van der Waals surface area (Å²) in [6.07, 6.45) is -1.02. The van der Waals surface area contributed by atoms with Crippen LogP contribution in [0.15, 0.2) is 42.7 Å². The number of aromatic nitrogens is 1. The van der Waals surface area contributed by atoms with Gasteiger partial charge in [0.25, 0.3) is 0 Å². The van der Waals surface area contributed by atoms with E-state index in [2.05, 4.69) is 20.9 Å². The minimum Gasteiger partial charge on any atom is -0.370 e.